The summed E-state index contributed by atoms with van der Waals surface area (Å²) in [6, 6.07) is 0. The molecular formula is C8H13F3O5S. The number of rotatable bonds is 5. The van der Waals surface area contributed by atoms with Crippen molar-refractivity contribution in [2.75, 3.05) is 6.61 Å². The summed E-state index contributed by atoms with van der Waals surface area (Å²) in [4.78, 5) is 11.1. The molecule has 1 N–H and O–H groups in total. The molecule has 0 aromatic carbocycles. The average Bonchev–Trinajstić information content (AvgIpc) is 2.12. The average molecular weight is 278 g/mol. The molecule has 0 aromatic heterocycles. The molecule has 0 aromatic rings. The van der Waals surface area contributed by atoms with E-state index >= 15 is 0 Å². The maximum Gasteiger partial charge on any atom is 0.411 e. The van der Waals surface area contributed by atoms with E-state index in [-0.39, 0.29) is 0 Å². The molecule has 0 radical (unpaired) electrons. The highest BCUT2D eigenvalue weighted by Crippen LogP contribution is 2.26. The summed E-state index contributed by atoms with van der Waals surface area (Å²) in [6.07, 6.45) is -4.84. The zero-order valence-corrected chi connectivity index (χ0v) is 10.0. The zero-order valence-electron chi connectivity index (χ0n) is 9.19. The topological polar surface area (TPSA) is 80.7 Å². The van der Waals surface area contributed by atoms with Crippen LogP contribution in [0.25, 0.3) is 0 Å². The number of carbonyl (C=O) groups is 1. The van der Waals surface area contributed by atoms with Gasteiger partial charge in [-0.15, -0.1) is 0 Å². The van der Waals surface area contributed by atoms with Gasteiger partial charge in [-0.1, -0.05) is 13.8 Å². The third kappa shape index (κ3) is 5.35. The minimum atomic E-state index is -5.35. The van der Waals surface area contributed by atoms with Crippen LogP contribution in [-0.4, -0.2) is 37.0 Å². The lowest BCUT2D eigenvalue weighted by atomic mass is 10.1. The van der Waals surface area contributed by atoms with E-state index in [4.69, 9.17) is 4.55 Å². The fraction of sp³-hybridized carbons (Fsp3) is 0.875. The molecule has 0 aliphatic carbocycles. The zero-order chi connectivity index (χ0) is 13.9. The summed E-state index contributed by atoms with van der Waals surface area (Å²) in [6.45, 7) is 1.61. The van der Waals surface area contributed by atoms with E-state index in [0.29, 0.717) is 6.42 Å². The van der Waals surface area contributed by atoms with Crippen LogP contribution in [0.1, 0.15) is 20.3 Å². The molecule has 0 amide bonds. The first-order valence-electron chi connectivity index (χ1n) is 4.69. The van der Waals surface area contributed by atoms with Gasteiger partial charge in [0, 0.05) is 0 Å². The molecule has 0 fully saturated rings. The van der Waals surface area contributed by atoms with Crippen molar-refractivity contribution in [3.05, 3.63) is 0 Å². The standard InChI is InChI=1S/C8H13F3O5S/c1-3-5(2)7(12)16-4-6(8(9,10)11)17(13,14)15/h5-6H,3-4H2,1-2H3,(H,13,14,15). The molecule has 0 aliphatic heterocycles. The molecule has 17 heavy (non-hydrogen) atoms. The van der Waals surface area contributed by atoms with E-state index < -0.39 is 40.0 Å². The molecule has 5 nitrogen and oxygen atoms in total. The van der Waals surface area contributed by atoms with Crippen molar-refractivity contribution in [3.63, 3.8) is 0 Å². The third-order valence-corrected chi connectivity index (χ3v) is 3.24. The Morgan fingerprint density at radius 2 is 1.88 bits per heavy atom. The fourth-order valence-electron chi connectivity index (χ4n) is 0.816. The highest BCUT2D eigenvalue weighted by atomic mass is 32.2. The van der Waals surface area contributed by atoms with Crippen molar-refractivity contribution in [2.45, 2.75) is 31.7 Å². The van der Waals surface area contributed by atoms with Crippen molar-refractivity contribution >= 4 is 16.1 Å². The maximum atomic E-state index is 12.2. The first-order valence-corrected chi connectivity index (χ1v) is 6.20. The summed E-state index contributed by atoms with van der Waals surface area (Å²) < 4.78 is 70.2. The number of ether oxygens (including phenoxy) is 1. The van der Waals surface area contributed by atoms with Gasteiger partial charge in [0.05, 0.1) is 5.92 Å². The molecule has 9 heteroatoms. The van der Waals surface area contributed by atoms with Gasteiger partial charge in [0.15, 0.2) is 0 Å². The van der Waals surface area contributed by atoms with Gasteiger partial charge in [0.25, 0.3) is 10.1 Å². The lowest BCUT2D eigenvalue weighted by molar-refractivity contribution is -0.160. The van der Waals surface area contributed by atoms with Gasteiger partial charge in [0.2, 0.25) is 5.25 Å². The number of hydrogen-bond donors (Lipinski definition) is 1. The second-order valence-electron chi connectivity index (χ2n) is 3.48. The van der Waals surface area contributed by atoms with E-state index in [0.717, 1.165) is 0 Å². The molecule has 0 rings (SSSR count). The minimum absolute atomic E-state index is 0.349. The molecule has 2 atom stereocenters. The predicted octanol–water partition coefficient (Wildman–Crippen LogP) is 1.39. The van der Waals surface area contributed by atoms with Crippen LogP contribution in [-0.2, 0) is 19.6 Å². The van der Waals surface area contributed by atoms with E-state index in [1.54, 1.807) is 6.92 Å². The van der Waals surface area contributed by atoms with Gasteiger partial charge in [-0.3, -0.25) is 9.35 Å². The van der Waals surface area contributed by atoms with Gasteiger partial charge in [-0.2, -0.15) is 21.6 Å². The summed E-state index contributed by atoms with van der Waals surface area (Å²) in [5.74, 6) is -1.57. The van der Waals surface area contributed by atoms with Gasteiger partial charge in [-0.05, 0) is 6.42 Å². The number of halogens is 3. The summed E-state index contributed by atoms with van der Waals surface area (Å²) >= 11 is 0. The maximum absolute atomic E-state index is 12.2. The quantitative estimate of drug-likeness (QED) is 0.607. The Kier molecular flexibility index (Phi) is 5.40. The van der Waals surface area contributed by atoms with Crippen LogP contribution in [0.15, 0.2) is 0 Å². The Balaban J connectivity index is 4.66. The molecule has 0 saturated heterocycles. The van der Waals surface area contributed by atoms with Crippen LogP contribution in [0.5, 0.6) is 0 Å². The van der Waals surface area contributed by atoms with Gasteiger partial charge < -0.3 is 4.74 Å². The lowest BCUT2D eigenvalue weighted by Crippen LogP contribution is -2.41. The molecule has 0 aliphatic rings. The lowest BCUT2D eigenvalue weighted by Gasteiger charge is -2.18. The SMILES string of the molecule is CCC(C)C(=O)OCC(C(F)(F)F)S(=O)(=O)O. The predicted molar refractivity (Wildman–Crippen MR) is 51.8 cm³/mol. The molecule has 0 heterocycles. The first-order chi connectivity index (χ1) is 7.50. The molecule has 0 spiro atoms. The van der Waals surface area contributed by atoms with Crippen LogP contribution in [0.3, 0.4) is 0 Å². The summed E-state index contributed by atoms with van der Waals surface area (Å²) in [7, 11) is -5.35. The van der Waals surface area contributed by atoms with Crippen LogP contribution < -0.4 is 0 Å². The van der Waals surface area contributed by atoms with E-state index in [2.05, 4.69) is 4.74 Å². The number of alkyl halides is 3. The number of hydrogen-bond acceptors (Lipinski definition) is 4. The van der Waals surface area contributed by atoms with Gasteiger partial charge in [0.1, 0.15) is 6.61 Å². The second-order valence-corrected chi connectivity index (χ2v) is 5.08. The number of carbonyl (C=O) groups excluding carboxylic acids is 1. The van der Waals surface area contributed by atoms with Crippen molar-refractivity contribution in [1.29, 1.82) is 0 Å². The Morgan fingerprint density at radius 3 is 2.18 bits per heavy atom. The summed E-state index contributed by atoms with van der Waals surface area (Å²) in [5.41, 5.74) is 0. The van der Waals surface area contributed by atoms with E-state index in [1.165, 1.54) is 6.92 Å². The largest absolute Gasteiger partial charge is 0.464 e. The van der Waals surface area contributed by atoms with Crippen molar-refractivity contribution in [2.24, 2.45) is 5.92 Å². The smallest absolute Gasteiger partial charge is 0.411 e. The minimum Gasteiger partial charge on any atom is -0.464 e. The molecule has 0 bridgehead atoms. The fourth-order valence-corrected chi connectivity index (χ4v) is 1.39. The molecule has 102 valence electrons. The van der Waals surface area contributed by atoms with Crippen LogP contribution in [0.2, 0.25) is 0 Å². The van der Waals surface area contributed by atoms with Crippen LogP contribution in [0.4, 0.5) is 13.2 Å². The Hall–Kier alpha value is -0.830. The second kappa shape index (κ2) is 5.67. The van der Waals surface area contributed by atoms with Crippen LogP contribution >= 0.6 is 0 Å². The van der Waals surface area contributed by atoms with Gasteiger partial charge in [-0.25, -0.2) is 0 Å². The van der Waals surface area contributed by atoms with E-state index in [9.17, 15) is 26.4 Å². The Labute approximate surface area is 96.7 Å². The third-order valence-electron chi connectivity index (χ3n) is 2.12. The molecule has 2 unspecified atom stereocenters. The molecule has 0 saturated carbocycles. The van der Waals surface area contributed by atoms with E-state index in [1.807, 2.05) is 0 Å². The highest BCUT2D eigenvalue weighted by molar-refractivity contribution is 7.86. The van der Waals surface area contributed by atoms with Crippen LogP contribution in [0, 0.1) is 5.92 Å². The highest BCUT2D eigenvalue weighted by Gasteiger charge is 2.49. The Bertz CT molecular complexity index is 362. The van der Waals surface area contributed by atoms with Crippen molar-refractivity contribution in [1.82, 2.24) is 0 Å². The first kappa shape index (κ1) is 16.2. The Morgan fingerprint density at radius 1 is 1.41 bits per heavy atom. The molecular weight excluding hydrogens is 265 g/mol. The number of esters is 1. The van der Waals surface area contributed by atoms with Crippen molar-refractivity contribution in [3.8, 4) is 0 Å². The monoisotopic (exact) mass is 278 g/mol. The normalized spacial score (nSPS) is 16.4. The summed E-state index contributed by atoms with van der Waals surface area (Å²) in [5, 5.41) is -3.11. The van der Waals surface area contributed by atoms with Crippen molar-refractivity contribution < 1.29 is 35.7 Å². The van der Waals surface area contributed by atoms with Gasteiger partial charge >= 0.3 is 12.1 Å².